The SMILES string of the molecule is CCNC(=NCC1(CCO)CCCCC1)NCCCC1CC1. The van der Waals surface area contributed by atoms with Crippen LogP contribution < -0.4 is 10.6 Å². The summed E-state index contributed by atoms with van der Waals surface area (Å²) in [6, 6.07) is 0. The molecule has 2 aliphatic rings. The third-order valence-corrected chi connectivity index (χ3v) is 5.25. The van der Waals surface area contributed by atoms with E-state index in [1.54, 1.807) is 0 Å². The normalized spacial score (nSPS) is 21.6. The molecule has 2 fully saturated rings. The van der Waals surface area contributed by atoms with E-state index in [2.05, 4.69) is 17.6 Å². The lowest BCUT2D eigenvalue weighted by atomic mass is 9.72. The average molecular weight is 309 g/mol. The molecule has 128 valence electrons. The van der Waals surface area contributed by atoms with Gasteiger partial charge in [0.1, 0.15) is 0 Å². The van der Waals surface area contributed by atoms with Crippen LogP contribution in [0.3, 0.4) is 0 Å². The van der Waals surface area contributed by atoms with E-state index in [1.165, 1.54) is 57.8 Å². The minimum absolute atomic E-state index is 0.239. The second kappa shape index (κ2) is 9.39. The maximum Gasteiger partial charge on any atom is 0.191 e. The van der Waals surface area contributed by atoms with Crippen molar-refractivity contribution < 1.29 is 5.11 Å². The van der Waals surface area contributed by atoms with Crippen molar-refractivity contribution in [2.24, 2.45) is 16.3 Å². The van der Waals surface area contributed by atoms with Crippen molar-refractivity contribution in [2.45, 2.75) is 71.1 Å². The first-order valence-electron chi connectivity index (χ1n) is 9.41. The molecule has 0 aromatic rings. The number of nitrogens with zero attached hydrogens (tertiary/aromatic N) is 1. The molecular weight excluding hydrogens is 274 g/mol. The minimum atomic E-state index is 0.239. The number of aliphatic hydroxyl groups excluding tert-OH is 1. The van der Waals surface area contributed by atoms with Gasteiger partial charge >= 0.3 is 0 Å². The fraction of sp³-hybridized carbons (Fsp3) is 0.944. The Bertz CT molecular complexity index is 328. The number of nitrogens with one attached hydrogen (secondary N) is 2. The summed E-state index contributed by atoms with van der Waals surface area (Å²) in [6.45, 7) is 5.19. The van der Waals surface area contributed by atoms with E-state index in [-0.39, 0.29) is 5.41 Å². The van der Waals surface area contributed by atoms with Gasteiger partial charge in [-0.1, -0.05) is 32.1 Å². The van der Waals surface area contributed by atoms with Crippen molar-refractivity contribution in [3.8, 4) is 0 Å². The summed E-state index contributed by atoms with van der Waals surface area (Å²) in [5.74, 6) is 1.97. The van der Waals surface area contributed by atoms with E-state index >= 15 is 0 Å². The number of aliphatic hydroxyl groups is 1. The quantitative estimate of drug-likeness (QED) is 0.348. The van der Waals surface area contributed by atoms with E-state index in [0.29, 0.717) is 6.61 Å². The molecule has 0 aromatic carbocycles. The molecular formula is C18H35N3O. The Morgan fingerprint density at radius 1 is 1.18 bits per heavy atom. The predicted molar refractivity (Wildman–Crippen MR) is 93.2 cm³/mol. The lowest BCUT2D eigenvalue weighted by Gasteiger charge is -2.35. The van der Waals surface area contributed by atoms with Gasteiger partial charge in [-0.25, -0.2) is 0 Å². The summed E-state index contributed by atoms with van der Waals surface area (Å²) >= 11 is 0. The van der Waals surface area contributed by atoms with Gasteiger partial charge in [0.15, 0.2) is 5.96 Å². The van der Waals surface area contributed by atoms with Crippen LogP contribution in [0.2, 0.25) is 0 Å². The van der Waals surface area contributed by atoms with Crippen LogP contribution in [-0.2, 0) is 0 Å². The van der Waals surface area contributed by atoms with Gasteiger partial charge in [-0.05, 0) is 50.4 Å². The van der Waals surface area contributed by atoms with Crippen LogP contribution in [0.25, 0.3) is 0 Å². The highest BCUT2D eigenvalue weighted by molar-refractivity contribution is 5.79. The molecule has 0 spiro atoms. The van der Waals surface area contributed by atoms with Crippen molar-refractivity contribution >= 4 is 5.96 Å². The highest BCUT2D eigenvalue weighted by Gasteiger charge is 2.31. The summed E-state index contributed by atoms with van der Waals surface area (Å²) < 4.78 is 0. The van der Waals surface area contributed by atoms with Gasteiger partial charge in [0, 0.05) is 26.2 Å². The Balaban J connectivity index is 1.80. The first-order chi connectivity index (χ1) is 10.8. The van der Waals surface area contributed by atoms with Gasteiger partial charge in [0.2, 0.25) is 0 Å². The lowest BCUT2D eigenvalue weighted by molar-refractivity contribution is 0.137. The number of aliphatic imine (C=N–C) groups is 1. The first-order valence-corrected chi connectivity index (χ1v) is 9.41. The number of hydrogen-bond acceptors (Lipinski definition) is 2. The molecule has 0 saturated heterocycles. The monoisotopic (exact) mass is 309 g/mol. The van der Waals surface area contributed by atoms with Crippen LogP contribution in [0.15, 0.2) is 4.99 Å². The van der Waals surface area contributed by atoms with Gasteiger partial charge in [-0.15, -0.1) is 0 Å². The second-order valence-electron chi connectivity index (χ2n) is 7.24. The molecule has 22 heavy (non-hydrogen) atoms. The third kappa shape index (κ3) is 6.15. The summed E-state index contributed by atoms with van der Waals surface area (Å²) in [7, 11) is 0. The molecule has 2 saturated carbocycles. The van der Waals surface area contributed by atoms with Crippen molar-refractivity contribution in [2.75, 3.05) is 26.2 Å². The standard InChI is InChI=1S/C18H35N3O/c1-2-19-17(20-13-6-7-16-8-9-16)21-15-18(12-14-22)10-4-3-5-11-18/h16,22H,2-15H2,1H3,(H2,19,20,21). The zero-order valence-electron chi connectivity index (χ0n) is 14.4. The molecule has 2 aliphatic carbocycles. The van der Waals surface area contributed by atoms with Crippen molar-refractivity contribution in [1.29, 1.82) is 0 Å². The molecule has 4 heteroatoms. The molecule has 0 aromatic heterocycles. The van der Waals surface area contributed by atoms with E-state index in [0.717, 1.165) is 37.9 Å². The van der Waals surface area contributed by atoms with E-state index in [1.807, 2.05) is 0 Å². The molecule has 0 bridgehead atoms. The zero-order valence-corrected chi connectivity index (χ0v) is 14.4. The van der Waals surface area contributed by atoms with Crippen LogP contribution in [0.5, 0.6) is 0 Å². The van der Waals surface area contributed by atoms with Crippen LogP contribution in [0.4, 0.5) is 0 Å². The van der Waals surface area contributed by atoms with Crippen LogP contribution in [0, 0.1) is 11.3 Å². The van der Waals surface area contributed by atoms with Gasteiger partial charge in [0.25, 0.3) is 0 Å². The second-order valence-corrected chi connectivity index (χ2v) is 7.24. The highest BCUT2D eigenvalue weighted by atomic mass is 16.3. The molecule has 0 amide bonds. The third-order valence-electron chi connectivity index (χ3n) is 5.25. The number of rotatable bonds is 9. The van der Waals surface area contributed by atoms with E-state index < -0.39 is 0 Å². The largest absolute Gasteiger partial charge is 0.396 e. The molecule has 0 heterocycles. The zero-order chi connectivity index (χ0) is 15.7. The maximum atomic E-state index is 9.40. The summed E-state index contributed by atoms with van der Waals surface area (Å²) in [4.78, 5) is 4.84. The van der Waals surface area contributed by atoms with E-state index in [9.17, 15) is 5.11 Å². The predicted octanol–water partition coefficient (Wildman–Crippen LogP) is 3.06. The lowest BCUT2D eigenvalue weighted by Crippen LogP contribution is -2.39. The van der Waals surface area contributed by atoms with Crippen LogP contribution in [-0.4, -0.2) is 37.3 Å². The highest BCUT2D eigenvalue weighted by Crippen LogP contribution is 2.39. The van der Waals surface area contributed by atoms with Crippen molar-refractivity contribution in [3.05, 3.63) is 0 Å². The van der Waals surface area contributed by atoms with Gasteiger partial charge in [0.05, 0.1) is 0 Å². The molecule has 2 rings (SSSR count). The fourth-order valence-electron chi connectivity index (χ4n) is 3.62. The van der Waals surface area contributed by atoms with E-state index in [4.69, 9.17) is 4.99 Å². The summed E-state index contributed by atoms with van der Waals surface area (Å²) in [5, 5.41) is 16.2. The average Bonchev–Trinajstić information content (AvgIpc) is 3.34. The smallest absolute Gasteiger partial charge is 0.191 e. The molecule has 0 aliphatic heterocycles. The first kappa shape index (κ1) is 17.6. The number of guanidine groups is 1. The van der Waals surface area contributed by atoms with Gasteiger partial charge in [-0.2, -0.15) is 0 Å². The van der Waals surface area contributed by atoms with Gasteiger partial charge in [-0.3, -0.25) is 4.99 Å². The molecule has 4 nitrogen and oxygen atoms in total. The molecule has 3 N–H and O–H groups in total. The molecule has 0 radical (unpaired) electrons. The Labute approximate surface area is 136 Å². The molecule has 0 atom stereocenters. The Morgan fingerprint density at radius 3 is 2.59 bits per heavy atom. The topological polar surface area (TPSA) is 56.7 Å². The fourth-order valence-corrected chi connectivity index (χ4v) is 3.62. The van der Waals surface area contributed by atoms with Crippen molar-refractivity contribution in [3.63, 3.8) is 0 Å². The maximum absolute atomic E-state index is 9.40. The Morgan fingerprint density at radius 2 is 1.95 bits per heavy atom. The van der Waals surface area contributed by atoms with Crippen LogP contribution in [0.1, 0.15) is 71.1 Å². The van der Waals surface area contributed by atoms with Crippen molar-refractivity contribution in [1.82, 2.24) is 10.6 Å². The Kier molecular flexibility index (Phi) is 7.50. The van der Waals surface area contributed by atoms with Crippen LogP contribution >= 0.6 is 0 Å². The number of hydrogen-bond donors (Lipinski definition) is 3. The van der Waals surface area contributed by atoms with Gasteiger partial charge < -0.3 is 15.7 Å². The summed E-state index contributed by atoms with van der Waals surface area (Å²) in [6.07, 6.45) is 12.8. The minimum Gasteiger partial charge on any atom is -0.396 e. The summed E-state index contributed by atoms with van der Waals surface area (Å²) in [5.41, 5.74) is 0.239. The molecule has 0 unspecified atom stereocenters. The Hall–Kier alpha value is -0.770.